The Kier molecular flexibility index (Phi) is 5.52. The van der Waals surface area contributed by atoms with Crippen LogP contribution in [0.4, 0.5) is 32.0 Å². The minimum Gasteiger partial charge on any atom is -0.454 e. The normalized spacial score (nSPS) is 12.0. The van der Waals surface area contributed by atoms with Crippen LogP contribution in [0.3, 0.4) is 0 Å². The third-order valence-corrected chi connectivity index (χ3v) is 3.15. The number of amides is 1. The lowest BCUT2D eigenvalue weighted by Crippen LogP contribution is -2.21. The molecular formula is C16H11F6NO4. The second-order valence-corrected chi connectivity index (χ2v) is 5.33. The van der Waals surface area contributed by atoms with Crippen LogP contribution in [-0.4, -0.2) is 18.5 Å². The van der Waals surface area contributed by atoms with Crippen molar-refractivity contribution in [3.63, 3.8) is 0 Å². The molecule has 0 saturated heterocycles. The average molecular weight is 395 g/mol. The number of esters is 1. The first-order valence-corrected chi connectivity index (χ1v) is 7.19. The first-order chi connectivity index (χ1) is 12.4. The maximum Gasteiger partial charge on any atom is 0.416 e. The Hall–Kier alpha value is -2.98. The molecule has 0 fully saturated rings. The van der Waals surface area contributed by atoms with Crippen LogP contribution in [0.15, 0.2) is 34.7 Å². The van der Waals surface area contributed by atoms with Crippen molar-refractivity contribution in [2.45, 2.75) is 19.3 Å². The van der Waals surface area contributed by atoms with Gasteiger partial charge in [0.1, 0.15) is 5.76 Å². The second-order valence-electron chi connectivity index (χ2n) is 5.33. The number of alkyl halides is 6. The molecule has 2 rings (SSSR count). The fourth-order valence-electron chi connectivity index (χ4n) is 1.97. The highest BCUT2D eigenvalue weighted by atomic mass is 19.4. The second kappa shape index (κ2) is 7.33. The highest BCUT2D eigenvalue weighted by Crippen LogP contribution is 2.37. The van der Waals surface area contributed by atoms with Crippen LogP contribution >= 0.6 is 0 Å². The van der Waals surface area contributed by atoms with E-state index in [0.717, 1.165) is 0 Å². The lowest BCUT2D eigenvalue weighted by atomic mass is 10.1. The number of benzene rings is 1. The first kappa shape index (κ1) is 20.3. The summed E-state index contributed by atoms with van der Waals surface area (Å²) in [6.45, 7) is 0.617. The fourth-order valence-corrected chi connectivity index (χ4v) is 1.97. The summed E-state index contributed by atoms with van der Waals surface area (Å²) in [5.74, 6) is -1.95. The molecule has 1 aromatic carbocycles. The molecule has 0 saturated carbocycles. The molecule has 146 valence electrons. The van der Waals surface area contributed by atoms with Gasteiger partial charge < -0.3 is 14.5 Å². The molecule has 1 aromatic heterocycles. The number of rotatable bonds is 4. The Bertz CT molecular complexity index is 821. The molecule has 0 unspecified atom stereocenters. The Morgan fingerprint density at radius 3 is 2.00 bits per heavy atom. The minimum absolute atomic E-state index is 0.0745. The molecule has 0 atom stereocenters. The molecule has 1 amide bonds. The van der Waals surface area contributed by atoms with Gasteiger partial charge in [-0.2, -0.15) is 26.3 Å². The summed E-state index contributed by atoms with van der Waals surface area (Å²) in [4.78, 5) is 23.3. The smallest absolute Gasteiger partial charge is 0.416 e. The van der Waals surface area contributed by atoms with Crippen molar-refractivity contribution in [2.24, 2.45) is 0 Å². The van der Waals surface area contributed by atoms with Gasteiger partial charge in [-0.15, -0.1) is 0 Å². The summed E-state index contributed by atoms with van der Waals surface area (Å²) in [6.07, 6.45) is -10.1. The van der Waals surface area contributed by atoms with Crippen LogP contribution < -0.4 is 5.32 Å². The maximum atomic E-state index is 12.8. The van der Waals surface area contributed by atoms with Crippen molar-refractivity contribution in [3.05, 3.63) is 53.0 Å². The molecule has 0 aliphatic heterocycles. The topological polar surface area (TPSA) is 68.5 Å². The number of nitrogens with one attached hydrogen (secondary N) is 1. The lowest BCUT2D eigenvalue weighted by Gasteiger charge is -2.14. The molecule has 0 aliphatic carbocycles. The molecule has 0 radical (unpaired) electrons. The van der Waals surface area contributed by atoms with E-state index in [9.17, 15) is 35.9 Å². The third kappa shape index (κ3) is 5.50. The number of hydrogen-bond donors (Lipinski definition) is 1. The van der Waals surface area contributed by atoms with Gasteiger partial charge in [0, 0.05) is 5.69 Å². The molecule has 5 nitrogen and oxygen atoms in total. The van der Waals surface area contributed by atoms with E-state index in [1.54, 1.807) is 6.92 Å². The summed E-state index contributed by atoms with van der Waals surface area (Å²) in [5, 5.41) is 1.83. The van der Waals surface area contributed by atoms with E-state index < -0.39 is 47.7 Å². The number of carbonyl (C=O) groups is 2. The van der Waals surface area contributed by atoms with Crippen LogP contribution in [0.5, 0.6) is 0 Å². The molecule has 2 aromatic rings. The van der Waals surface area contributed by atoms with Gasteiger partial charge in [-0.25, -0.2) is 4.79 Å². The van der Waals surface area contributed by atoms with Gasteiger partial charge >= 0.3 is 18.3 Å². The third-order valence-electron chi connectivity index (χ3n) is 3.15. The van der Waals surface area contributed by atoms with Crippen molar-refractivity contribution in [3.8, 4) is 0 Å². The van der Waals surface area contributed by atoms with Gasteiger partial charge in [-0.3, -0.25) is 4.79 Å². The highest BCUT2D eigenvalue weighted by Gasteiger charge is 2.37. The SMILES string of the molecule is Cc1ccc(C(=O)OCC(=O)Nc2cc(C(F)(F)F)cc(C(F)(F)F)c2)o1. The van der Waals surface area contributed by atoms with Crippen LogP contribution in [0.2, 0.25) is 0 Å². The van der Waals surface area contributed by atoms with E-state index in [0.29, 0.717) is 17.9 Å². The van der Waals surface area contributed by atoms with E-state index in [4.69, 9.17) is 4.42 Å². The van der Waals surface area contributed by atoms with Gasteiger partial charge in [-0.1, -0.05) is 0 Å². The fraction of sp³-hybridized carbons (Fsp3) is 0.250. The van der Waals surface area contributed by atoms with Gasteiger partial charge in [0.15, 0.2) is 6.61 Å². The summed E-state index contributed by atoms with van der Waals surface area (Å²) in [5.41, 5.74) is -3.92. The van der Waals surface area contributed by atoms with Gasteiger partial charge in [0.2, 0.25) is 5.76 Å². The van der Waals surface area contributed by atoms with Crippen LogP contribution in [-0.2, 0) is 21.9 Å². The van der Waals surface area contributed by atoms with E-state index in [1.807, 2.05) is 5.32 Å². The predicted molar refractivity (Wildman–Crippen MR) is 78.8 cm³/mol. The van der Waals surface area contributed by atoms with Crippen LogP contribution in [0.25, 0.3) is 0 Å². The van der Waals surface area contributed by atoms with Gasteiger partial charge in [-0.05, 0) is 37.3 Å². The largest absolute Gasteiger partial charge is 0.454 e. The molecule has 1 heterocycles. The number of carbonyl (C=O) groups excluding carboxylic acids is 2. The van der Waals surface area contributed by atoms with Crippen molar-refractivity contribution < 1.29 is 45.1 Å². The molecule has 1 N–H and O–H groups in total. The molecular weight excluding hydrogens is 384 g/mol. The van der Waals surface area contributed by atoms with Crippen molar-refractivity contribution in [1.29, 1.82) is 0 Å². The first-order valence-electron chi connectivity index (χ1n) is 7.19. The van der Waals surface area contributed by atoms with Gasteiger partial charge in [0.05, 0.1) is 11.1 Å². The quantitative estimate of drug-likeness (QED) is 0.615. The number of aryl methyl sites for hydroxylation is 1. The summed E-state index contributed by atoms with van der Waals surface area (Å²) in [6, 6.07) is 3.33. The zero-order valence-corrected chi connectivity index (χ0v) is 13.5. The summed E-state index contributed by atoms with van der Waals surface area (Å²) in [7, 11) is 0. The standard InChI is InChI=1S/C16H11F6NO4/c1-8-2-3-12(27-8)14(25)26-7-13(24)23-11-5-9(15(17,18)19)4-10(6-11)16(20,21)22/h2-6H,7H2,1H3,(H,23,24). The summed E-state index contributed by atoms with van der Waals surface area (Å²) >= 11 is 0. The van der Waals surface area contributed by atoms with Crippen LogP contribution in [0.1, 0.15) is 27.4 Å². The molecule has 0 bridgehead atoms. The van der Waals surface area contributed by atoms with Crippen molar-refractivity contribution in [1.82, 2.24) is 0 Å². The van der Waals surface area contributed by atoms with Crippen LogP contribution in [0, 0.1) is 6.92 Å². The van der Waals surface area contributed by atoms with E-state index in [1.165, 1.54) is 12.1 Å². The van der Waals surface area contributed by atoms with Crippen molar-refractivity contribution >= 4 is 17.6 Å². The molecule has 11 heteroatoms. The van der Waals surface area contributed by atoms with Gasteiger partial charge in [0.25, 0.3) is 5.91 Å². The minimum atomic E-state index is -5.05. The number of furan rings is 1. The number of hydrogen-bond acceptors (Lipinski definition) is 4. The number of halogens is 6. The summed E-state index contributed by atoms with van der Waals surface area (Å²) < 4.78 is 86.1. The van der Waals surface area contributed by atoms with Crippen molar-refractivity contribution in [2.75, 3.05) is 11.9 Å². The number of anilines is 1. The van der Waals surface area contributed by atoms with E-state index in [2.05, 4.69) is 4.74 Å². The molecule has 27 heavy (non-hydrogen) atoms. The average Bonchev–Trinajstić information content (AvgIpc) is 2.97. The molecule has 0 spiro atoms. The Balaban J connectivity index is 2.11. The predicted octanol–water partition coefficient (Wildman–Crippen LogP) is 4.42. The zero-order chi connectivity index (χ0) is 20.4. The maximum absolute atomic E-state index is 12.8. The van der Waals surface area contributed by atoms with E-state index in [-0.39, 0.29) is 11.8 Å². The molecule has 0 aliphatic rings. The lowest BCUT2D eigenvalue weighted by molar-refractivity contribution is -0.143. The highest BCUT2D eigenvalue weighted by molar-refractivity contribution is 5.94. The number of ether oxygens (including phenoxy) is 1. The Morgan fingerprint density at radius 2 is 1.56 bits per heavy atom. The zero-order valence-electron chi connectivity index (χ0n) is 13.5. The Morgan fingerprint density at radius 1 is 1.00 bits per heavy atom. The van der Waals surface area contributed by atoms with E-state index >= 15 is 0 Å². The Labute approximate surface area is 147 Å². The monoisotopic (exact) mass is 395 g/mol.